The lowest BCUT2D eigenvalue weighted by Gasteiger charge is -2.30. The summed E-state index contributed by atoms with van der Waals surface area (Å²) < 4.78 is 0. The second kappa shape index (κ2) is 10.3. The van der Waals surface area contributed by atoms with Crippen LogP contribution in [0, 0.1) is 13.8 Å². The first kappa shape index (κ1) is 22.5. The number of benzene rings is 3. The Bertz CT molecular complexity index is 1180. The van der Waals surface area contributed by atoms with Gasteiger partial charge in [-0.05, 0) is 60.9 Å². The van der Waals surface area contributed by atoms with Crippen LogP contribution < -0.4 is 15.5 Å². The van der Waals surface area contributed by atoms with E-state index in [-0.39, 0.29) is 5.91 Å². The largest absolute Gasteiger partial charge is 0.369 e. The fourth-order valence-electron chi connectivity index (χ4n) is 4.13. The standard InChI is InChI=1S/C28H29N3O2/c1-20-5-8-23(9-6-20)28(33)30-27-19-24(31-15-13-29-14-16-31)10-12-26(27)25-11-7-22(4-3-17-32)18-21(25)2/h3-12,17-19,29H,13-16H2,1-2H3,(H,30,33)/b4-3+. The van der Waals surface area contributed by atoms with Crippen LogP contribution in [0.15, 0.2) is 66.7 Å². The van der Waals surface area contributed by atoms with Crippen molar-refractivity contribution in [1.82, 2.24) is 5.32 Å². The van der Waals surface area contributed by atoms with E-state index in [1.54, 1.807) is 6.08 Å². The molecule has 33 heavy (non-hydrogen) atoms. The molecule has 168 valence electrons. The number of carbonyl (C=O) groups excluding carboxylic acids is 2. The summed E-state index contributed by atoms with van der Waals surface area (Å²) in [5.41, 5.74) is 7.69. The summed E-state index contributed by atoms with van der Waals surface area (Å²) in [6.45, 7) is 7.81. The third kappa shape index (κ3) is 5.38. The number of hydrogen-bond donors (Lipinski definition) is 2. The molecule has 0 aromatic heterocycles. The topological polar surface area (TPSA) is 61.4 Å². The zero-order valence-electron chi connectivity index (χ0n) is 19.1. The normalized spacial score (nSPS) is 13.8. The van der Waals surface area contributed by atoms with Crippen molar-refractivity contribution in [3.63, 3.8) is 0 Å². The molecule has 1 heterocycles. The highest BCUT2D eigenvalue weighted by molar-refractivity contribution is 6.06. The summed E-state index contributed by atoms with van der Waals surface area (Å²) in [6.07, 6.45) is 4.05. The molecule has 1 fully saturated rings. The highest BCUT2D eigenvalue weighted by atomic mass is 16.1. The van der Waals surface area contributed by atoms with Crippen LogP contribution in [0.25, 0.3) is 17.2 Å². The van der Waals surface area contributed by atoms with Crippen LogP contribution in [0.4, 0.5) is 11.4 Å². The van der Waals surface area contributed by atoms with Crippen LogP contribution in [0.3, 0.4) is 0 Å². The van der Waals surface area contributed by atoms with E-state index in [0.29, 0.717) is 5.56 Å². The number of amides is 1. The molecule has 1 aliphatic heterocycles. The minimum atomic E-state index is -0.128. The van der Waals surface area contributed by atoms with E-state index < -0.39 is 0 Å². The predicted octanol–water partition coefficient (Wildman–Crippen LogP) is 4.84. The Morgan fingerprint density at radius 1 is 0.939 bits per heavy atom. The van der Waals surface area contributed by atoms with Crippen molar-refractivity contribution < 1.29 is 9.59 Å². The molecular formula is C28H29N3O2. The quantitative estimate of drug-likeness (QED) is 0.426. The summed E-state index contributed by atoms with van der Waals surface area (Å²) >= 11 is 0. The highest BCUT2D eigenvalue weighted by Crippen LogP contribution is 2.35. The number of aryl methyl sites for hydroxylation is 2. The number of rotatable bonds is 6. The molecule has 0 spiro atoms. The maximum atomic E-state index is 13.1. The SMILES string of the molecule is Cc1ccc(C(=O)Nc2cc(N3CCNCC3)ccc2-c2ccc(/C=C/C=O)cc2C)cc1. The fraction of sp³-hybridized carbons (Fsp3) is 0.214. The second-order valence-electron chi connectivity index (χ2n) is 8.36. The minimum absolute atomic E-state index is 0.128. The third-order valence-corrected chi connectivity index (χ3v) is 5.96. The molecule has 4 rings (SSSR count). The zero-order valence-corrected chi connectivity index (χ0v) is 19.1. The van der Waals surface area contributed by atoms with Crippen LogP contribution in [-0.4, -0.2) is 38.4 Å². The van der Waals surface area contributed by atoms with Gasteiger partial charge in [0.2, 0.25) is 0 Å². The first-order chi connectivity index (χ1) is 16.0. The van der Waals surface area contributed by atoms with E-state index in [1.807, 2.05) is 56.3 Å². The molecule has 3 aromatic carbocycles. The number of anilines is 2. The van der Waals surface area contributed by atoms with Gasteiger partial charge in [-0.15, -0.1) is 0 Å². The van der Waals surface area contributed by atoms with E-state index in [0.717, 1.165) is 71.7 Å². The number of allylic oxidation sites excluding steroid dienone is 1. The Morgan fingerprint density at radius 2 is 1.67 bits per heavy atom. The Labute approximate surface area is 195 Å². The Balaban J connectivity index is 1.72. The van der Waals surface area contributed by atoms with Crippen molar-refractivity contribution in [3.05, 3.63) is 89.0 Å². The minimum Gasteiger partial charge on any atom is -0.369 e. The molecule has 1 saturated heterocycles. The van der Waals surface area contributed by atoms with Gasteiger partial charge in [-0.25, -0.2) is 0 Å². The van der Waals surface area contributed by atoms with Gasteiger partial charge >= 0.3 is 0 Å². The van der Waals surface area contributed by atoms with Crippen LogP contribution in [-0.2, 0) is 4.79 Å². The van der Waals surface area contributed by atoms with E-state index in [4.69, 9.17) is 0 Å². The Hall–Kier alpha value is -3.70. The fourth-order valence-corrected chi connectivity index (χ4v) is 4.13. The van der Waals surface area contributed by atoms with Crippen molar-refractivity contribution in [1.29, 1.82) is 0 Å². The van der Waals surface area contributed by atoms with Gasteiger partial charge in [0, 0.05) is 43.0 Å². The number of piperazine rings is 1. The number of nitrogens with one attached hydrogen (secondary N) is 2. The maximum Gasteiger partial charge on any atom is 0.255 e. The van der Waals surface area contributed by atoms with Gasteiger partial charge < -0.3 is 15.5 Å². The molecule has 0 bridgehead atoms. The lowest BCUT2D eigenvalue weighted by Crippen LogP contribution is -2.43. The van der Waals surface area contributed by atoms with Crippen molar-refractivity contribution >= 4 is 29.6 Å². The van der Waals surface area contributed by atoms with Gasteiger partial charge in [0.1, 0.15) is 6.29 Å². The first-order valence-corrected chi connectivity index (χ1v) is 11.3. The highest BCUT2D eigenvalue weighted by Gasteiger charge is 2.16. The van der Waals surface area contributed by atoms with E-state index in [9.17, 15) is 9.59 Å². The van der Waals surface area contributed by atoms with Gasteiger partial charge in [-0.1, -0.05) is 48.0 Å². The molecule has 1 amide bonds. The molecule has 1 aliphatic rings. The van der Waals surface area contributed by atoms with Crippen LogP contribution in [0.1, 0.15) is 27.0 Å². The van der Waals surface area contributed by atoms with Crippen molar-refractivity contribution in [2.24, 2.45) is 0 Å². The zero-order chi connectivity index (χ0) is 23.2. The summed E-state index contributed by atoms with van der Waals surface area (Å²) in [6, 6.07) is 20.0. The third-order valence-electron chi connectivity index (χ3n) is 5.96. The van der Waals surface area contributed by atoms with Crippen molar-refractivity contribution in [3.8, 4) is 11.1 Å². The van der Waals surface area contributed by atoms with Gasteiger partial charge in [0.15, 0.2) is 0 Å². The maximum absolute atomic E-state index is 13.1. The molecule has 3 aromatic rings. The van der Waals surface area contributed by atoms with Gasteiger partial charge in [-0.2, -0.15) is 0 Å². The molecule has 0 aliphatic carbocycles. The van der Waals surface area contributed by atoms with Gasteiger partial charge in [-0.3, -0.25) is 9.59 Å². The second-order valence-corrected chi connectivity index (χ2v) is 8.36. The average Bonchev–Trinajstić information content (AvgIpc) is 2.84. The van der Waals surface area contributed by atoms with Crippen LogP contribution in [0.5, 0.6) is 0 Å². The molecule has 2 N–H and O–H groups in total. The lowest BCUT2D eigenvalue weighted by molar-refractivity contribution is -0.104. The van der Waals surface area contributed by atoms with Gasteiger partial charge in [0.05, 0.1) is 5.69 Å². The van der Waals surface area contributed by atoms with Crippen LogP contribution in [0.2, 0.25) is 0 Å². The molecule has 0 atom stereocenters. The van der Waals surface area contributed by atoms with Gasteiger partial charge in [0.25, 0.3) is 5.91 Å². The van der Waals surface area contributed by atoms with Crippen molar-refractivity contribution in [2.45, 2.75) is 13.8 Å². The number of aldehydes is 1. The number of hydrogen-bond acceptors (Lipinski definition) is 4. The number of carbonyl (C=O) groups is 2. The summed E-state index contributed by atoms with van der Waals surface area (Å²) in [5, 5.41) is 6.54. The summed E-state index contributed by atoms with van der Waals surface area (Å²) in [4.78, 5) is 26.1. The lowest BCUT2D eigenvalue weighted by atomic mass is 9.96. The molecule has 5 heteroatoms. The average molecular weight is 440 g/mol. The summed E-state index contributed by atoms with van der Waals surface area (Å²) in [7, 11) is 0. The van der Waals surface area contributed by atoms with E-state index in [2.05, 4.69) is 33.7 Å². The molecule has 5 nitrogen and oxygen atoms in total. The van der Waals surface area contributed by atoms with Crippen molar-refractivity contribution in [2.75, 3.05) is 36.4 Å². The predicted molar refractivity (Wildman–Crippen MR) is 136 cm³/mol. The molecular weight excluding hydrogens is 410 g/mol. The smallest absolute Gasteiger partial charge is 0.255 e. The van der Waals surface area contributed by atoms with E-state index in [1.165, 1.54) is 6.08 Å². The molecule has 0 radical (unpaired) electrons. The number of nitrogens with zero attached hydrogens (tertiary/aromatic N) is 1. The summed E-state index contributed by atoms with van der Waals surface area (Å²) in [5.74, 6) is -0.128. The Morgan fingerprint density at radius 3 is 2.36 bits per heavy atom. The van der Waals surface area contributed by atoms with Crippen LogP contribution >= 0.6 is 0 Å². The molecule has 0 unspecified atom stereocenters. The molecule has 0 saturated carbocycles. The van der Waals surface area contributed by atoms with E-state index >= 15 is 0 Å². The monoisotopic (exact) mass is 439 g/mol. The Kier molecular flexibility index (Phi) is 7.01. The first-order valence-electron chi connectivity index (χ1n) is 11.3.